The lowest BCUT2D eigenvalue weighted by molar-refractivity contribution is 0.0600. The predicted octanol–water partition coefficient (Wildman–Crippen LogP) is 4.38. The maximum atomic E-state index is 11.8. The van der Waals surface area contributed by atoms with Crippen molar-refractivity contribution < 1.29 is 24.5 Å². The van der Waals surface area contributed by atoms with E-state index in [0.717, 1.165) is 0 Å². The van der Waals surface area contributed by atoms with Crippen molar-refractivity contribution in [2.75, 3.05) is 14.2 Å². The van der Waals surface area contributed by atoms with Crippen LogP contribution in [0.15, 0.2) is 71.7 Å². The Balaban J connectivity index is 1.86. The summed E-state index contributed by atoms with van der Waals surface area (Å²) in [5.41, 5.74) is 2.22. The van der Waals surface area contributed by atoms with E-state index in [1.807, 2.05) is 0 Å². The van der Waals surface area contributed by atoms with Crippen molar-refractivity contribution in [3.8, 4) is 45.7 Å². The van der Waals surface area contributed by atoms with Crippen molar-refractivity contribution in [2.24, 2.45) is 4.99 Å². The molecule has 34 heavy (non-hydrogen) atoms. The van der Waals surface area contributed by atoms with Gasteiger partial charge in [-0.3, -0.25) is 0 Å². The van der Waals surface area contributed by atoms with E-state index in [1.54, 1.807) is 54.6 Å². The van der Waals surface area contributed by atoms with Gasteiger partial charge >= 0.3 is 5.97 Å². The fourth-order valence-electron chi connectivity index (χ4n) is 3.18. The molecule has 0 aliphatic carbocycles. The van der Waals surface area contributed by atoms with Crippen molar-refractivity contribution in [3.63, 3.8) is 0 Å². The Bertz CT molecular complexity index is 1370. The molecule has 3 aromatic carbocycles. The van der Waals surface area contributed by atoms with Crippen LogP contribution in [0.4, 0.5) is 5.69 Å². The summed E-state index contributed by atoms with van der Waals surface area (Å²) in [5, 5.41) is 21.0. The fraction of sp³-hybridized carbons (Fsp3) is 0.0800. The number of hydrogen-bond acceptors (Lipinski definition) is 9. The van der Waals surface area contributed by atoms with Gasteiger partial charge < -0.3 is 19.7 Å². The Kier molecular flexibility index (Phi) is 6.45. The van der Waals surface area contributed by atoms with E-state index in [-0.39, 0.29) is 23.1 Å². The number of rotatable bonds is 6. The number of methoxy groups -OCH3 is 2. The number of esters is 1. The molecule has 170 valence electrons. The molecule has 2 N–H and O–H groups in total. The molecule has 0 saturated carbocycles. The highest BCUT2D eigenvalue weighted by atomic mass is 16.5. The van der Waals surface area contributed by atoms with Crippen LogP contribution in [-0.4, -0.2) is 51.8 Å². The highest BCUT2D eigenvalue weighted by Gasteiger charge is 2.17. The number of aromatic hydroxyl groups is 2. The molecule has 9 heteroatoms. The van der Waals surface area contributed by atoms with Gasteiger partial charge in [-0.1, -0.05) is 24.3 Å². The molecule has 0 amide bonds. The molecule has 1 aromatic heterocycles. The van der Waals surface area contributed by atoms with Gasteiger partial charge in [0, 0.05) is 11.6 Å². The molecule has 0 saturated heterocycles. The Morgan fingerprint density at radius 1 is 0.824 bits per heavy atom. The Morgan fingerprint density at radius 2 is 1.47 bits per heavy atom. The minimum Gasteiger partial charge on any atom is -0.507 e. The van der Waals surface area contributed by atoms with Crippen LogP contribution < -0.4 is 0 Å². The molecule has 0 atom stereocenters. The van der Waals surface area contributed by atoms with Crippen molar-refractivity contribution in [3.05, 3.63) is 72.3 Å². The Hall–Kier alpha value is -4.79. The number of benzene rings is 3. The van der Waals surface area contributed by atoms with Gasteiger partial charge in [0.2, 0.25) is 0 Å². The zero-order chi connectivity index (χ0) is 24.1. The molecule has 0 aliphatic rings. The molecule has 4 aromatic rings. The average molecular weight is 456 g/mol. The zero-order valence-electron chi connectivity index (χ0n) is 18.3. The van der Waals surface area contributed by atoms with E-state index >= 15 is 0 Å². The first-order chi connectivity index (χ1) is 16.5. The molecule has 0 fully saturated rings. The van der Waals surface area contributed by atoms with Gasteiger partial charge in [-0.05, 0) is 36.4 Å². The summed E-state index contributed by atoms with van der Waals surface area (Å²) >= 11 is 0. The standard InChI is InChI=1S/C25H20N4O5/c1-33-14-26-17-11-12-19(21(31)13-17)24-28-22(15-7-9-16(10-8-15)25(32)34-2)27-23(29-24)18-5-3-4-6-20(18)30/h3-14,30-31H,1-2H3. The monoisotopic (exact) mass is 456 g/mol. The number of phenols is 2. The highest BCUT2D eigenvalue weighted by Crippen LogP contribution is 2.34. The van der Waals surface area contributed by atoms with Crippen LogP contribution >= 0.6 is 0 Å². The van der Waals surface area contributed by atoms with Crippen LogP contribution in [-0.2, 0) is 9.47 Å². The zero-order valence-corrected chi connectivity index (χ0v) is 18.3. The number of carbonyl (C=O) groups is 1. The van der Waals surface area contributed by atoms with E-state index in [4.69, 9.17) is 9.47 Å². The molecule has 4 rings (SSSR count). The first-order valence-electron chi connectivity index (χ1n) is 10.1. The van der Waals surface area contributed by atoms with Crippen LogP contribution in [0.3, 0.4) is 0 Å². The van der Waals surface area contributed by atoms with E-state index in [1.165, 1.54) is 32.8 Å². The quantitative estimate of drug-likeness (QED) is 0.249. The number of phenolic OH excluding ortho intramolecular Hbond substituents is 2. The van der Waals surface area contributed by atoms with Gasteiger partial charge in [-0.25, -0.2) is 24.7 Å². The normalized spacial score (nSPS) is 10.9. The molecule has 9 nitrogen and oxygen atoms in total. The van der Waals surface area contributed by atoms with Crippen LogP contribution in [0.1, 0.15) is 10.4 Å². The third-order valence-corrected chi connectivity index (χ3v) is 4.87. The summed E-state index contributed by atoms with van der Waals surface area (Å²) in [6.45, 7) is 0. The van der Waals surface area contributed by atoms with Crippen molar-refractivity contribution in [1.82, 2.24) is 15.0 Å². The van der Waals surface area contributed by atoms with Gasteiger partial charge in [0.25, 0.3) is 0 Å². The topological polar surface area (TPSA) is 127 Å². The summed E-state index contributed by atoms with van der Waals surface area (Å²) in [7, 11) is 2.79. The third-order valence-electron chi connectivity index (χ3n) is 4.87. The first kappa shape index (κ1) is 22.4. The minimum atomic E-state index is -0.459. The van der Waals surface area contributed by atoms with Gasteiger partial charge in [-0.2, -0.15) is 0 Å². The number of nitrogens with zero attached hydrogens (tertiary/aromatic N) is 4. The minimum absolute atomic E-state index is 0.000104. The summed E-state index contributed by atoms with van der Waals surface area (Å²) < 4.78 is 9.56. The van der Waals surface area contributed by atoms with E-state index in [2.05, 4.69) is 19.9 Å². The molecule has 0 spiro atoms. The molecule has 0 bridgehead atoms. The molecule has 0 aliphatic heterocycles. The molecule has 1 heterocycles. The first-order valence-corrected chi connectivity index (χ1v) is 10.1. The SMILES string of the molecule is COC=Nc1ccc(-c2nc(-c3ccc(C(=O)OC)cc3)nc(-c3ccccc3O)n2)c(O)c1. The van der Waals surface area contributed by atoms with Crippen LogP contribution in [0.5, 0.6) is 11.5 Å². The van der Waals surface area contributed by atoms with E-state index in [9.17, 15) is 15.0 Å². The van der Waals surface area contributed by atoms with Crippen LogP contribution in [0, 0.1) is 0 Å². The third kappa shape index (κ3) is 4.68. The smallest absolute Gasteiger partial charge is 0.337 e. The maximum absolute atomic E-state index is 11.8. The lowest BCUT2D eigenvalue weighted by Crippen LogP contribution is -2.02. The second kappa shape index (κ2) is 9.78. The molecule has 0 unspecified atom stereocenters. The number of aromatic nitrogens is 3. The Morgan fingerprint density at radius 3 is 2.09 bits per heavy atom. The van der Waals surface area contributed by atoms with Crippen LogP contribution in [0.25, 0.3) is 34.2 Å². The van der Waals surface area contributed by atoms with Gasteiger partial charge in [0.15, 0.2) is 23.9 Å². The summed E-state index contributed by atoms with van der Waals surface area (Å²) in [6.07, 6.45) is 1.25. The van der Waals surface area contributed by atoms with Crippen molar-refractivity contribution in [2.45, 2.75) is 0 Å². The summed E-state index contributed by atoms with van der Waals surface area (Å²) in [5.74, 6) is 0.155. The number of ether oxygens (including phenoxy) is 2. The second-order valence-electron chi connectivity index (χ2n) is 7.06. The molecular formula is C25H20N4O5. The summed E-state index contributed by atoms with van der Waals surface area (Å²) in [4.78, 5) is 29.4. The van der Waals surface area contributed by atoms with E-state index < -0.39 is 5.97 Å². The van der Waals surface area contributed by atoms with Crippen LogP contribution in [0.2, 0.25) is 0 Å². The lowest BCUT2D eigenvalue weighted by atomic mass is 10.1. The largest absolute Gasteiger partial charge is 0.507 e. The van der Waals surface area contributed by atoms with Crippen molar-refractivity contribution >= 4 is 18.1 Å². The second-order valence-corrected chi connectivity index (χ2v) is 7.06. The maximum Gasteiger partial charge on any atom is 0.337 e. The average Bonchev–Trinajstić information content (AvgIpc) is 2.87. The van der Waals surface area contributed by atoms with Gasteiger partial charge in [0.05, 0.1) is 36.6 Å². The number of aliphatic imine (C=N–C) groups is 1. The Labute approximate surface area is 195 Å². The van der Waals surface area contributed by atoms with Gasteiger partial charge in [-0.15, -0.1) is 0 Å². The predicted molar refractivity (Wildman–Crippen MR) is 126 cm³/mol. The lowest BCUT2D eigenvalue weighted by Gasteiger charge is -2.10. The van der Waals surface area contributed by atoms with E-state index in [0.29, 0.717) is 33.8 Å². The van der Waals surface area contributed by atoms with Crippen molar-refractivity contribution in [1.29, 1.82) is 0 Å². The number of hydrogen-bond donors (Lipinski definition) is 2. The highest BCUT2D eigenvalue weighted by molar-refractivity contribution is 5.89. The molecular weight excluding hydrogens is 436 g/mol. The number of para-hydroxylation sites is 1. The fourth-order valence-corrected chi connectivity index (χ4v) is 3.18. The number of carbonyl (C=O) groups excluding carboxylic acids is 1. The summed E-state index contributed by atoms with van der Waals surface area (Å²) in [6, 6.07) is 18.0. The van der Waals surface area contributed by atoms with Gasteiger partial charge in [0.1, 0.15) is 11.5 Å². The molecule has 0 radical (unpaired) electrons.